The van der Waals surface area contributed by atoms with Gasteiger partial charge in [0.05, 0.1) is 0 Å². The number of hydrogen-bond acceptors (Lipinski definition) is 2. The minimum absolute atomic E-state index is 1.36. The van der Waals surface area contributed by atoms with E-state index < -0.39 is 0 Å². The zero-order valence-corrected chi connectivity index (χ0v) is 8.99. The van der Waals surface area contributed by atoms with Crippen molar-refractivity contribution in [2.24, 2.45) is 0 Å². The molecule has 0 aromatic heterocycles. The molecule has 0 saturated heterocycles. The van der Waals surface area contributed by atoms with Crippen LogP contribution in [0.3, 0.4) is 0 Å². The van der Waals surface area contributed by atoms with Crippen molar-refractivity contribution < 1.29 is 0 Å². The second kappa shape index (κ2) is 5.15. The number of hydrogen-bond donors (Lipinski definition) is 0. The smallest absolute Gasteiger partial charge is 0.0387 e. The Bertz CT molecular complexity index is 136. The van der Waals surface area contributed by atoms with Gasteiger partial charge in [-0.1, -0.05) is 12.0 Å². The van der Waals surface area contributed by atoms with E-state index in [4.69, 9.17) is 0 Å². The molecule has 0 amide bonds. The Balaban J connectivity index is 2.57. The Morgan fingerprint density at radius 1 is 1.00 bits per heavy atom. The highest BCUT2D eigenvalue weighted by atomic mass is 32.2. The summed E-state index contributed by atoms with van der Waals surface area (Å²) in [5.41, 5.74) is 1.72. The molecular formula is C9H16S2. The molecule has 11 heavy (non-hydrogen) atoms. The van der Waals surface area contributed by atoms with Crippen molar-refractivity contribution in [1.82, 2.24) is 0 Å². The molecular weight excluding hydrogens is 172 g/mol. The highest BCUT2D eigenvalue weighted by Gasteiger charge is 2.09. The van der Waals surface area contributed by atoms with E-state index in [1.807, 2.05) is 23.5 Å². The van der Waals surface area contributed by atoms with Gasteiger partial charge >= 0.3 is 0 Å². The van der Waals surface area contributed by atoms with E-state index in [0.717, 1.165) is 0 Å². The molecule has 1 rings (SSSR count). The van der Waals surface area contributed by atoms with Gasteiger partial charge in [0, 0.05) is 4.24 Å². The quantitative estimate of drug-likeness (QED) is 0.645. The first-order valence-corrected chi connectivity index (χ1v) is 6.63. The van der Waals surface area contributed by atoms with Gasteiger partial charge in [0.15, 0.2) is 0 Å². The second-order valence-electron chi connectivity index (χ2n) is 2.86. The first-order valence-electron chi connectivity index (χ1n) is 4.18. The Hall–Kier alpha value is 0.440. The minimum Gasteiger partial charge on any atom is -0.123 e. The standard InChI is InChI=1S/C9H16S2/c1-10-9(11-2)8-6-4-3-5-7-8/h3-7H2,1-2H3. The highest BCUT2D eigenvalue weighted by molar-refractivity contribution is 8.21. The van der Waals surface area contributed by atoms with E-state index in [-0.39, 0.29) is 0 Å². The van der Waals surface area contributed by atoms with Crippen molar-refractivity contribution in [3.8, 4) is 0 Å². The van der Waals surface area contributed by atoms with Gasteiger partial charge in [-0.15, -0.1) is 23.5 Å². The third-order valence-corrected chi connectivity index (χ3v) is 4.44. The monoisotopic (exact) mass is 188 g/mol. The van der Waals surface area contributed by atoms with Gasteiger partial charge in [0.25, 0.3) is 0 Å². The van der Waals surface area contributed by atoms with Crippen molar-refractivity contribution >= 4 is 23.5 Å². The minimum atomic E-state index is 1.36. The first-order chi connectivity index (χ1) is 5.38. The molecule has 1 saturated carbocycles. The van der Waals surface area contributed by atoms with E-state index in [1.54, 1.807) is 9.81 Å². The average molecular weight is 188 g/mol. The molecule has 0 heterocycles. The largest absolute Gasteiger partial charge is 0.123 e. The summed E-state index contributed by atoms with van der Waals surface area (Å²) >= 11 is 3.84. The predicted molar refractivity (Wildman–Crippen MR) is 57.1 cm³/mol. The summed E-state index contributed by atoms with van der Waals surface area (Å²) in [5.74, 6) is 0. The van der Waals surface area contributed by atoms with E-state index in [0.29, 0.717) is 0 Å². The van der Waals surface area contributed by atoms with Gasteiger partial charge in [0.1, 0.15) is 0 Å². The first kappa shape index (κ1) is 9.53. The Morgan fingerprint density at radius 2 is 1.55 bits per heavy atom. The Morgan fingerprint density at radius 3 is 2.00 bits per heavy atom. The van der Waals surface area contributed by atoms with Crippen LogP contribution in [0.1, 0.15) is 32.1 Å². The third kappa shape index (κ3) is 2.75. The van der Waals surface area contributed by atoms with Crippen LogP contribution >= 0.6 is 23.5 Å². The predicted octanol–water partition coefficient (Wildman–Crippen LogP) is 3.89. The van der Waals surface area contributed by atoms with Crippen molar-refractivity contribution in [3.63, 3.8) is 0 Å². The third-order valence-electron chi connectivity index (χ3n) is 2.12. The maximum absolute atomic E-state index is 2.19. The fourth-order valence-electron chi connectivity index (χ4n) is 1.55. The molecule has 1 fully saturated rings. The summed E-state index contributed by atoms with van der Waals surface area (Å²) in [6, 6.07) is 0. The summed E-state index contributed by atoms with van der Waals surface area (Å²) in [6.07, 6.45) is 11.4. The zero-order chi connectivity index (χ0) is 8.10. The summed E-state index contributed by atoms with van der Waals surface area (Å²) in [7, 11) is 0. The topological polar surface area (TPSA) is 0 Å². The van der Waals surface area contributed by atoms with Crippen LogP contribution in [0.5, 0.6) is 0 Å². The van der Waals surface area contributed by atoms with Crippen LogP contribution in [-0.2, 0) is 0 Å². The normalized spacial score (nSPS) is 18.5. The molecule has 0 aromatic carbocycles. The van der Waals surface area contributed by atoms with Crippen LogP contribution in [-0.4, -0.2) is 12.5 Å². The number of allylic oxidation sites excluding steroid dienone is 1. The van der Waals surface area contributed by atoms with Crippen molar-refractivity contribution in [1.29, 1.82) is 0 Å². The zero-order valence-electron chi connectivity index (χ0n) is 7.35. The van der Waals surface area contributed by atoms with Gasteiger partial charge in [-0.25, -0.2) is 0 Å². The van der Waals surface area contributed by atoms with Crippen molar-refractivity contribution in [3.05, 3.63) is 9.81 Å². The fourth-order valence-corrected chi connectivity index (χ4v) is 3.21. The molecule has 0 radical (unpaired) electrons. The second-order valence-corrected chi connectivity index (χ2v) is 4.75. The van der Waals surface area contributed by atoms with Gasteiger partial charge in [-0.2, -0.15) is 0 Å². The summed E-state index contributed by atoms with van der Waals surface area (Å²) < 4.78 is 1.57. The van der Waals surface area contributed by atoms with Gasteiger partial charge in [0.2, 0.25) is 0 Å². The summed E-state index contributed by atoms with van der Waals surface area (Å²) in [5, 5.41) is 0. The molecule has 0 unspecified atom stereocenters. The van der Waals surface area contributed by atoms with Gasteiger partial charge in [-0.05, 0) is 38.2 Å². The lowest BCUT2D eigenvalue weighted by atomic mass is 9.96. The van der Waals surface area contributed by atoms with Crippen LogP contribution in [0.15, 0.2) is 9.81 Å². The van der Waals surface area contributed by atoms with Crippen LogP contribution in [0.25, 0.3) is 0 Å². The highest BCUT2D eigenvalue weighted by Crippen LogP contribution is 2.35. The molecule has 0 nitrogen and oxygen atoms in total. The summed E-state index contributed by atoms with van der Waals surface area (Å²) in [6.45, 7) is 0. The molecule has 64 valence electrons. The average Bonchev–Trinajstić information content (AvgIpc) is 2.09. The summed E-state index contributed by atoms with van der Waals surface area (Å²) in [4.78, 5) is 0. The van der Waals surface area contributed by atoms with Crippen molar-refractivity contribution in [2.75, 3.05) is 12.5 Å². The fraction of sp³-hybridized carbons (Fsp3) is 0.778. The van der Waals surface area contributed by atoms with E-state index in [9.17, 15) is 0 Å². The maximum Gasteiger partial charge on any atom is 0.0387 e. The van der Waals surface area contributed by atoms with Crippen LogP contribution in [0, 0.1) is 0 Å². The molecule has 0 N–H and O–H groups in total. The molecule has 1 aliphatic carbocycles. The molecule has 1 aliphatic rings. The molecule has 2 heteroatoms. The lowest BCUT2D eigenvalue weighted by Gasteiger charge is -2.16. The van der Waals surface area contributed by atoms with Gasteiger partial charge in [-0.3, -0.25) is 0 Å². The Labute approximate surface area is 78.2 Å². The molecule has 0 bridgehead atoms. The molecule has 0 spiro atoms. The van der Waals surface area contributed by atoms with Crippen molar-refractivity contribution in [2.45, 2.75) is 32.1 Å². The Kier molecular flexibility index (Phi) is 4.46. The lowest BCUT2D eigenvalue weighted by molar-refractivity contribution is 0.599. The number of thioether (sulfide) groups is 2. The SMILES string of the molecule is CSC(SC)=C1CCCCC1. The van der Waals surface area contributed by atoms with Gasteiger partial charge < -0.3 is 0 Å². The molecule has 0 aliphatic heterocycles. The van der Waals surface area contributed by atoms with E-state index in [1.165, 1.54) is 32.1 Å². The van der Waals surface area contributed by atoms with Crippen LogP contribution < -0.4 is 0 Å². The van der Waals surface area contributed by atoms with Crippen LogP contribution in [0.2, 0.25) is 0 Å². The van der Waals surface area contributed by atoms with Crippen LogP contribution in [0.4, 0.5) is 0 Å². The van der Waals surface area contributed by atoms with E-state index in [2.05, 4.69) is 12.5 Å². The van der Waals surface area contributed by atoms with E-state index >= 15 is 0 Å². The lowest BCUT2D eigenvalue weighted by Crippen LogP contribution is -1.95. The number of rotatable bonds is 2. The molecule has 0 atom stereocenters. The molecule has 0 aromatic rings. The maximum atomic E-state index is 2.19.